The first kappa shape index (κ1) is 26.0. The van der Waals surface area contributed by atoms with Crippen molar-refractivity contribution in [1.29, 1.82) is 0 Å². The summed E-state index contributed by atoms with van der Waals surface area (Å²) in [7, 11) is 0. The van der Waals surface area contributed by atoms with Gasteiger partial charge in [0.15, 0.2) is 3.95 Å². The van der Waals surface area contributed by atoms with Gasteiger partial charge in [-0.1, -0.05) is 12.1 Å². The summed E-state index contributed by atoms with van der Waals surface area (Å²) in [5.74, 6) is -0.906. The highest BCUT2D eigenvalue weighted by molar-refractivity contribution is 9.10. The SMILES string of the molecule is CCOC(=O)C(C)c1ccc(N)c(Br)c1.CCOC(=O)C(C)c1ccc2[nH]c(=S)sc2c1. The molecule has 3 aromatic rings. The molecule has 0 bridgehead atoms. The maximum absolute atomic E-state index is 11.6. The fourth-order valence-corrected chi connectivity index (χ4v) is 4.41. The normalized spacial score (nSPS) is 12.4. The Kier molecular flexibility index (Phi) is 9.86. The van der Waals surface area contributed by atoms with Crippen molar-refractivity contribution in [2.75, 3.05) is 18.9 Å². The Hall–Kier alpha value is -2.23. The lowest BCUT2D eigenvalue weighted by Gasteiger charge is -2.11. The predicted octanol–water partition coefficient (Wildman–Crippen LogP) is 6.32. The zero-order chi connectivity index (χ0) is 23.8. The van der Waals surface area contributed by atoms with Crippen LogP contribution < -0.4 is 5.73 Å². The van der Waals surface area contributed by atoms with Gasteiger partial charge in [0.1, 0.15) is 0 Å². The van der Waals surface area contributed by atoms with Gasteiger partial charge in [-0.25, -0.2) is 0 Å². The number of benzene rings is 2. The topological polar surface area (TPSA) is 94.4 Å². The number of aromatic amines is 1. The van der Waals surface area contributed by atoms with Gasteiger partial charge in [0.25, 0.3) is 0 Å². The van der Waals surface area contributed by atoms with E-state index in [9.17, 15) is 9.59 Å². The van der Waals surface area contributed by atoms with Gasteiger partial charge < -0.3 is 20.2 Å². The molecule has 0 fully saturated rings. The van der Waals surface area contributed by atoms with Crippen molar-refractivity contribution in [3.8, 4) is 0 Å². The smallest absolute Gasteiger partial charge is 0.313 e. The van der Waals surface area contributed by atoms with E-state index in [-0.39, 0.29) is 23.8 Å². The van der Waals surface area contributed by atoms with Crippen molar-refractivity contribution < 1.29 is 19.1 Å². The first-order valence-corrected chi connectivity index (χ1v) is 12.2. The molecule has 3 N–H and O–H groups in total. The van der Waals surface area contributed by atoms with E-state index in [0.29, 0.717) is 18.9 Å². The Bertz CT molecular complexity index is 1140. The third-order valence-corrected chi connectivity index (χ3v) is 6.63. The minimum absolute atomic E-state index is 0.189. The van der Waals surface area contributed by atoms with Crippen LogP contribution in [0.25, 0.3) is 10.2 Å². The van der Waals surface area contributed by atoms with Crippen LogP contribution in [-0.2, 0) is 19.1 Å². The van der Waals surface area contributed by atoms with Crippen LogP contribution in [0.15, 0.2) is 40.9 Å². The van der Waals surface area contributed by atoms with Crippen LogP contribution in [0.4, 0.5) is 5.69 Å². The summed E-state index contributed by atoms with van der Waals surface area (Å²) < 4.78 is 12.6. The van der Waals surface area contributed by atoms with Crippen molar-refractivity contribution in [2.24, 2.45) is 0 Å². The summed E-state index contributed by atoms with van der Waals surface area (Å²) in [4.78, 5) is 26.2. The maximum Gasteiger partial charge on any atom is 0.313 e. The molecule has 0 spiro atoms. The second-order valence-corrected chi connectivity index (χ2v) is 9.57. The zero-order valence-corrected chi connectivity index (χ0v) is 21.7. The van der Waals surface area contributed by atoms with E-state index in [1.54, 1.807) is 13.0 Å². The fraction of sp³-hybridized carbons (Fsp3) is 0.348. The summed E-state index contributed by atoms with van der Waals surface area (Å²) in [6.07, 6.45) is 0. The molecule has 0 radical (unpaired) electrons. The number of halogens is 1. The number of anilines is 1. The fourth-order valence-electron chi connectivity index (χ4n) is 2.85. The monoisotopic (exact) mass is 538 g/mol. The number of H-pyrrole nitrogens is 1. The summed E-state index contributed by atoms with van der Waals surface area (Å²) in [6, 6.07) is 11.3. The Morgan fingerprint density at radius 3 is 2.09 bits per heavy atom. The summed E-state index contributed by atoms with van der Waals surface area (Å²) in [5, 5.41) is 0. The minimum atomic E-state index is -0.262. The lowest BCUT2D eigenvalue weighted by Crippen LogP contribution is -2.13. The Morgan fingerprint density at radius 2 is 1.56 bits per heavy atom. The number of fused-ring (bicyclic) bond motifs is 1. The molecule has 6 nitrogen and oxygen atoms in total. The molecule has 32 heavy (non-hydrogen) atoms. The third kappa shape index (κ3) is 6.88. The van der Waals surface area contributed by atoms with Gasteiger partial charge in [0.05, 0.1) is 35.3 Å². The summed E-state index contributed by atoms with van der Waals surface area (Å²) in [5.41, 5.74) is 9.19. The molecule has 0 saturated heterocycles. The van der Waals surface area contributed by atoms with Crippen molar-refractivity contribution in [3.05, 3.63) is 56.0 Å². The van der Waals surface area contributed by atoms with Gasteiger partial charge in [-0.2, -0.15) is 0 Å². The molecular formula is C23H27BrN2O4S2. The molecule has 0 aliphatic carbocycles. The number of ether oxygens (including phenoxy) is 2. The molecule has 0 aliphatic rings. The number of esters is 2. The quantitative estimate of drug-likeness (QED) is 0.216. The molecule has 2 unspecified atom stereocenters. The maximum atomic E-state index is 11.6. The number of aromatic nitrogens is 1. The number of hydrogen-bond acceptors (Lipinski definition) is 7. The lowest BCUT2D eigenvalue weighted by atomic mass is 10.0. The number of hydrogen-bond donors (Lipinski definition) is 2. The van der Waals surface area contributed by atoms with Crippen molar-refractivity contribution >= 4 is 67.3 Å². The highest BCUT2D eigenvalue weighted by Gasteiger charge is 2.17. The number of nitrogens with one attached hydrogen (secondary N) is 1. The van der Waals surface area contributed by atoms with E-state index in [4.69, 9.17) is 27.4 Å². The van der Waals surface area contributed by atoms with Gasteiger partial charge in [0.2, 0.25) is 0 Å². The number of carbonyl (C=O) groups excluding carboxylic acids is 2. The van der Waals surface area contributed by atoms with Gasteiger partial charge in [-0.3, -0.25) is 9.59 Å². The molecule has 2 atom stereocenters. The standard InChI is InChI=1S/C12H13NO2S2.C11H14BrNO2/c1-3-15-11(14)7(2)8-4-5-9-10(6-8)17-12(16)13-9;1-3-15-11(14)7(2)8-4-5-10(13)9(12)6-8/h4-7H,3H2,1-2H3,(H,13,16);4-7H,3,13H2,1-2H3. The Labute approximate surface area is 205 Å². The lowest BCUT2D eigenvalue weighted by molar-refractivity contribution is -0.145. The number of thiazole rings is 1. The molecular weight excluding hydrogens is 512 g/mol. The Balaban J connectivity index is 0.000000229. The average Bonchev–Trinajstić information content (AvgIpc) is 3.14. The molecule has 9 heteroatoms. The van der Waals surface area contributed by atoms with Gasteiger partial charge in [0, 0.05) is 10.2 Å². The van der Waals surface area contributed by atoms with E-state index in [1.165, 1.54) is 11.3 Å². The molecule has 0 amide bonds. The van der Waals surface area contributed by atoms with E-state index in [1.807, 2.05) is 51.1 Å². The van der Waals surface area contributed by atoms with E-state index in [0.717, 1.165) is 29.8 Å². The van der Waals surface area contributed by atoms with E-state index >= 15 is 0 Å². The molecule has 0 aliphatic heterocycles. The molecule has 0 saturated carbocycles. The van der Waals surface area contributed by atoms with Crippen LogP contribution in [0.3, 0.4) is 0 Å². The minimum Gasteiger partial charge on any atom is -0.466 e. The molecule has 172 valence electrons. The number of carbonyl (C=O) groups is 2. The zero-order valence-electron chi connectivity index (χ0n) is 18.4. The summed E-state index contributed by atoms with van der Waals surface area (Å²) in [6.45, 7) is 8.09. The van der Waals surface area contributed by atoms with Crippen LogP contribution in [0.1, 0.15) is 50.7 Å². The van der Waals surface area contributed by atoms with Crippen LogP contribution in [0.5, 0.6) is 0 Å². The number of nitrogens with two attached hydrogens (primary N) is 1. The van der Waals surface area contributed by atoms with Gasteiger partial charge in [-0.15, -0.1) is 11.3 Å². The summed E-state index contributed by atoms with van der Waals surface area (Å²) >= 11 is 9.93. The van der Waals surface area contributed by atoms with E-state index < -0.39 is 0 Å². The highest BCUT2D eigenvalue weighted by Crippen LogP contribution is 2.26. The van der Waals surface area contributed by atoms with Crippen molar-refractivity contribution in [1.82, 2.24) is 4.98 Å². The second-order valence-electron chi connectivity index (χ2n) is 7.00. The van der Waals surface area contributed by atoms with Crippen molar-refractivity contribution in [2.45, 2.75) is 39.5 Å². The van der Waals surface area contributed by atoms with Crippen LogP contribution in [0.2, 0.25) is 0 Å². The molecule has 2 aromatic carbocycles. The van der Waals surface area contributed by atoms with Crippen LogP contribution in [-0.4, -0.2) is 30.1 Å². The largest absolute Gasteiger partial charge is 0.466 e. The van der Waals surface area contributed by atoms with Gasteiger partial charge >= 0.3 is 11.9 Å². The first-order valence-electron chi connectivity index (χ1n) is 10.2. The average molecular weight is 540 g/mol. The van der Waals surface area contributed by atoms with Crippen LogP contribution >= 0.6 is 39.5 Å². The molecule has 3 rings (SSSR count). The second kappa shape index (κ2) is 12.1. The van der Waals surface area contributed by atoms with E-state index in [2.05, 4.69) is 20.9 Å². The first-order chi connectivity index (χ1) is 15.2. The molecule has 1 aromatic heterocycles. The molecule has 1 heterocycles. The number of rotatable bonds is 6. The van der Waals surface area contributed by atoms with Crippen molar-refractivity contribution in [3.63, 3.8) is 0 Å². The predicted molar refractivity (Wildman–Crippen MR) is 136 cm³/mol. The third-order valence-electron chi connectivity index (χ3n) is 4.75. The number of nitrogen functional groups attached to an aromatic ring is 1. The van der Waals surface area contributed by atoms with Gasteiger partial charge in [-0.05, 0) is 91.2 Å². The van der Waals surface area contributed by atoms with Crippen LogP contribution in [0, 0.1) is 3.95 Å². The Morgan fingerprint density at radius 1 is 1.03 bits per heavy atom. The highest BCUT2D eigenvalue weighted by atomic mass is 79.9.